The SMILES string of the molecule is CC(C)[C@H](/C=C/C(C)(C)C)C(C)(C)C. The van der Waals surface area contributed by atoms with Gasteiger partial charge in [-0.1, -0.05) is 67.5 Å². The van der Waals surface area contributed by atoms with E-state index in [2.05, 4.69) is 67.5 Å². The molecule has 0 aliphatic heterocycles. The van der Waals surface area contributed by atoms with Gasteiger partial charge in [-0.2, -0.15) is 0 Å². The molecule has 0 heterocycles. The molecule has 0 saturated carbocycles. The Morgan fingerprint density at radius 3 is 1.50 bits per heavy atom. The summed E-state index contributed by atoms with van der Waals surface area (Å²) < 4.78 is 0. The molecule has 0 amide bonds. The molecule has 0 rings (SSSR count). The molecular weight excluding hydrogens is 168 g/mol. The van der Waals surface area contributed by atoms with Crippen LogP contribution in [0.2, 0.25) is 0 Å². The lowest BCUT2D eigenvalue weighted by Crippen LogP contribution is -2.23. The minimum absolute atomic E-state index is 0.304. The smallest absolute Gasteiger partial charge is 0.0161 e. The Morgan fingerprint density at radius 2 is 1.29 bits per heavy atom. The van der Waals surface area contributed by atoms with Crippen LogP contribution in [0.3, 0.4) is 0 Å². The van der Waals surface area contributed by atoms with E-state index in [1.807, 2.05) is 0 Å². The summed E-state index contributed by atoms with van der Waals surface area (Å²) in [6, 6.07) is 0. The summed E-state index contributed by atoms with van der Waals surface area (Å²) in [5.74, 6) is 1.38. The molecule has 0 aliphatic carbocycles. The van der Waals surface area contributed by atoms with Gasteiger partial charge >= 0.3 is 0 Å². The van der Waals surface area contributed by atoms with E-state index >= 15 is 0 Å². The van der Waals surface area contributed by atoms with Gasteiger partial charge < -0.3 is 0 Å². The average molecular weight is 196 g/mol. The van der Waals surface area contributed by atoms with Crippen molar-refractivity contribution >= 4 is 0 Å². The Labute approximate surface area is 90.8 Å². The third-order valence-electron chi connectivity index (χ3n) is 2.52. The molecule has 1 atom stereocenters. The van der Waals surface area contributed by atoms with Crippen LogP contribution in [-0.2, 0) is 0 Å². The average Bonchev–Trinajstić information content (AvgIpc) is 1.79. The zero-order valence-electron chi connectivity index (χ0n) is 11.3. The molecule has 0 aromatic rings. The predicted octanol–water partition coefficient (Wildman–Crippen LogP) is 4.91. The van der Waals surface area contributed by atoms with E-state index < -0.39 is 0 Å². The van der Waals surface area contributed by atoms with E-state index in [1.54, 1.807) is 0 Å². The Balaban J connectivity index is 4.64. The summed E-state index contributed by atoms with van der Waals surface area (Å²) >= 11 is 0. The molecule has 14 heavy (non-hydrogen) atoms. The normalized spacial score (nSPS) is 16.6. The summed E-state index contributed by atoms with van der Waals surface area (Å²) in [7, 11) is 0. The number of hydrogen-bond acceptors (Lipinski definition) is 0. The summed E-state index contributed by atoms with van der Waals surface area (Å²) in [5, 5.41) is 0. The van der Waals surface area contributed by atoms with Crippen molar-refractivity contribution in [1.29, 1.82) is 0 Å². The number of hydrogen-bond donors (Lipinski definition) is 0. The minimum Gasteiger partial charge on any atom is -0.0841 e. The molecule has 0 radical (unpaired) electrons. The molecular formula is C14H28. The first-order valence-electron chi connectivity index (χ1n) is 5.73. The van der Waals surface area contributed by atoms with Crippen LogP contribution in [0.15, 0.2) is 12.2 Å². The highest BCUT2D eigenvalue weighted by Gasteiger charge is 2.25. The lowest BCUT2D eigenvalue weighted by atomic mass is 9.73. The van der Waals surface area contributed by atoms with Gasteiger partial charge in [0, 0.05) is 0 Å². The number of allylic oxidation sites excluding steroid dienone is 2. The van der Waals surface area contributed by atoms with Crippen LogP contribution in [0.1, 0.15) is 55.4 Å². The van der Waals surface area contributed by atoms with Crippen molar-refractivity contribution < 1.29 is 0 Å². The Hall–Kier alpha value is -0.260. The second-order valence-electron chi connectivity index (χ2n) is 6.86. The Kier molecular flexibility index (Phi) is 4.42. The van der Waals surface area contributed by atoms with Crippen molar-refractivity contribution in [3.63, 3.8) is 0 Å². The Morgan fingerprint density at radius 1 is 0.857 bits per heavy atom. The van der Waals surface area contributed by atoms with E-state index in [4.69, 9.17) is 0 Å². The van der Waals surface area contributed by atoms with Crippen LogP contribution in [0.5, 0.6) is 0 Å². The predicted molar refractivity (Wildman–Crippen MR) is 66.4 cm³/mol. The van der Waals surface area contributed by atoms with Gasteiger partial charge in [0.1, 0.15) is 0 Å². The van der Waals surface area contributed by atoms with Crippen LogP contribution >= 0.6 is 0 Å². The third-order valence-corrected chi connectivity index (χ3v) is 2.52. The van der Waals surface area contributed by atoms with Crippen LogP contribution < -0.4 is 0 Å². The molecule has 0 aliphatic rings. The summed E-state index contributed by atoms with van der Waals surface area (Å²) in [4.78, 5) is 0. The largest absolute Gasteiger partial charge is 0.0841 e. The molecule has 0 aromatic heterocycles. The van der Waals surface area contributed by atoms with Gasteiger partial charge in [0.25, 0.3) is 0 Å². The third kappa shape index (κ3) is 5.47. The van der Waals surface area contributed by atoms with Gasteiger partial charge in [0.2, 0.25) is 0 Å². The fourth-order valence-corrected chi connectivity index (χ4v) is 1.90. The molecule has 0 nitrogen and oxygen atoms in total. The highest BCUT2D eigenvalue weighted by Crippen LogP contribution is 2.34. The lowest BCUT2D eigenvalue weighted by molar-refractivity contribution is 0.228. The highest BCUT2D eigenvalue weighted by atomic mass is 14.3. The van der Waals surface area contributed by atoms with E-state index in [-0.39, 0.29) is 0 Å². The lowest BCUT2D eigenvalue weighted by Gasteiger charge is -2.32. The molecule has 0 unspecified atom stereocenters. The zero-order chi connectivity index (χ0) is 11.6. The van der Waals surface area contributed by atoms with Crippen LogP contribution in [0.4, 0.5) is 0 Å². The van der Waals surface area contributed by atoms with Gasteiger partial charge in [-0.25, -0.2) is 0 Å². The molecule has 0 aromatic carbocycles. The van der Waals surface area contributed by atoms with E-state index in [0.717, 1.165) is 0 Å². The van der Waals surface area contributed by atoms with Gasteiger partial charge in [-0.3, -0.25) is 0 Å². The first kappa shape index (κ1) is 13.7. The second kappa shape index (κ2) is 4.51. The van der Waals surface area contributed by atoms with Crippen molar-refractivity contribution in [2.75, 3.05) is 0 Å². The topological polar surface area (TPSA) is 0 Å². The van der Waals surface area contributed by atoms with Crippen LogP contribution in [0, 0.1) is 22.7 Å². The molecule has 0 bridgehead atoms. The van der Waals surface area contributed by atoms with Crippen molar-refractivity contribution in [2.45, 2.75) is 55.4 Å². The summed E-state index contributed by atoms with van der Waals surface area (Å²) in [6.45, 7) is 18.3. The highest BCUT2D eigenvalue weighted by molar-refractivity contribution is 5.00. The molecule has 0 heteroatoms. The van der Waals surface area contributed by atoms with Crippen molar-refractivity contribution in [2.24, 2.45) is 22.7 Å². The summed E-state index contributed by atoms with van der Waals surface area (Å²) in [6.07, 6.45) is 4.76. The maximum absolute atomic E-state index is 2.41. The van der Waals surface area contributed by atoms with E-state index in [0.29, 0.717) is 22.7 Å². The quantitative estimate of drug-likeness (QED) is 0.551. The maximum atomic E-state index is 2.41. The van der Waals surface area contributed by atoms with Crippen molar-refractivity contribution in [1.82, 2.24) is 0 Å². The standard InChI is InChI=1S/C14H28/c1-11(2)12(14(6,7)8)9-10-13(3,4)5/h9-12H,1-8H3/b10-9+/t12-/m0/s1. The van der Waals surface area contributed by atoms with Crippen LogP contribution in [-0.4, -0.2) is 0 Å². The molecule has 0 spiro atoms. The molecule has 0 N–H and O–H groups in total. The maximum Gasteiger partial charge on any atom is -0.0161 e. The molecule has 0 saturated heterocycles. The minimum atomic E-state index is 0.304. The first-order valence-corrected chi connectivity index (χ1v) is 5.73. The first-order chi connectivity index (χ1) is 6.04. The van der Waals surface area contributed by atoms with Crippen molar-refractivity contribution in [3.8, 4) is 0 Å². The van der Waals surface area contributed by atoms with Gasteiger partial charge in [-0.05, 0) is 22.7 Å². The molecule has 0 fully saturated rings. The Bertz CT molecular complexity index is 183. The fraction of sp³-hybridized carbons (Fsp3) is 0.857. The van der Waals surface area contributed by atoms with E-state index in [1.165, 1.54) is 0 Å². The van der Waals surface area contributed by atoms with Crippen molar-refractivity contribution in [3.05, 3.63) is 12.2 Å². The molecule has 84 valence electrons. The fourth-order valence-electron chi connectivity index (χ4n) is 1.90. The monoisotopic (exact) mass is 196 g/mol. The van der Waals surface area contributed by atoms with Crippen LogP contribution in [0.25, 0.3) is 0 Å². The zero-order valence-corrected chi connectivity index (χ0v) is 11.3. The van der Waals surface area contributed by atoms with Gasteiger partial charge in [0.05, 0.1) is 0 Å². The van der Waals surface area contributed by atoms with E-state index in [9.17, 15) is 0 Å². The summed E-state index contributed by atoms with van der Waals surface area (Å²) in [5.41, 5.74) is 0.675. The second-order valence-corrected chi connectivity index (χ2v) is 6.86. The van der Waals surface area contributed by atoms with Gasteiger partial charge in [-0.15, -0.1) is 0 Å². The number of rotatable bonds is 2. The van der Waals surface area contributed by atoms with Gasteiger partial charge in [0.15, 0.2) is 0 Å².